The maximum Gasteiger partial charge on any atom is 0.415 e. The summed E-state index contributed by atoms with van der Waals surface area (Å²) in [7, 11) is 2.82. The summed E-state index contributed by atoms with van der Waals surface area (Å²) in [5, 5.41) is 0. The summed E-state index contributed by atoms with van der Waals surface area (Å²) in [6.45, 7) is -7.64. The molecule has 0 rings (SSSR count). The van der Waals surface area contributed by atoms with E-state index in [2.05, 4.69) is 28.1 Å². The molecular formula is C3H11NNiO7P2S2. The van der Waals surface area contributed by atoms with Gasteiger partial charge in [-0.05, 0) is 11.8 Å². The van der Waals surface area contributed by atoms with Crippen LogP contribution in [0.15, 0.2) is 0 Å². The van der Waals surface area contributed by atoms with Crippen molar-refractivity contribution in [3.8, 4) is 0 Å². The van der Waals surface area contributed by atoms with E-state index >= 15 is 0 Å². The summed E-state index contributed by atoms with van der Waals surface area (Å²) < 4.78 is 4.02. The number of rotatable bonds is 1. The van der Waals surface area contributed by atoms with Crippen LogP contribution in [0.25, 0.3) is 0 Å². The molecule has 16 heavy (non-hydrogen) atoms. The Kier molecular flexibility index (Phi) is 12.3. The monoisotopic (exact) mass is 357 g/mol. The van der Waals surface area contributed by atoms with Gasteiger partial charge in [0.2, 0.25) is 0 Å². The molecule has 0 heterocycles. The van der Waals surface area contributed by atoms with Gasteiger partial charge in [-0.1, -0.05) is 0 Å². The van der Waals surface area contributed by atoms with Gasteiger partial charge in [-0.2, -0.15) is 0 Å². The minimum Gasteiger partial charge on any atom is -0.375 e. The molecule has 0 aromatic rings. The molecule has 0 bridgehead atoms. The smallest absolute Gasteiger partial charge is 0.375 e. The predicted molar refractivity (Wildman–Crippen MR) is 59.8 cm³/mol. The van der Waals surface area contributed by atoms with Crippen molar-refractivity contribution in [2.45, 2.75) is 0 Å². The van der Waals surface area contributed by atoms with E-state index in [4.69, 9.17) is 24.5 Å². The third-order valence-corrected chi connectivity index (χ3v) is 1.18. The summed E-state index contributed by atoms with van der Waals surface area (Å²) in [4.78, 5) is 51.1. The van der Waals surface area contributed by atoms with Crippen LogP contribution in [0.2, 0.25) is 0 Å². The molecule has 0 aliphatic heterocycles. The normalized spacial score (nSPS) is 10.4. The maximum absolute atomic E-state index is 10.5. The van der Waals surface area contributed by atoms with Gasteiger partial charge >= 0.3 is 19.5 Å². The number of hydrogen-bond donors (Lipinski definition) is 5. The zero-order valence-corrected chi connectivity index (χ0v) is 12.4. The van der Waals surface area contributed by atoms with Gasteiger partial charge in [-0.25, -0.2) is 4.79 Å². The number of carbonyl (C=O) groups is 1. The van der Waals surface area contributed by atoms with Crippen LogP contribution < -0.4 is 0 Å². The molecule has 5 N–H and O–H groups in total. The molecule has 0 spiro atoms. The second kappa shape index (κ2) is 8.88. The zero-order chi connectivity index (χ0) is 12.9. The molecule has 0 unspecified atom stereocenters. The molecule has 0 fully saturated rings. The van der Waals surface area contributed by atoms with Crippen LogP contribution >= 0.6 is 13.4 Å². The van der Waals surface area contributed by atoms with Crippen molar-refractivity contribution in [3.63, 3.8) is 0 Å². The SMILES string of the molecule is CN(C)C(=O)OP(O)(O)=S.OP(O)(O)=S.[Ni]. The van der Waals surface area contributed by atoms with Gasteiger partial charge < -0.3 is 33.9 Å². The molecular weight excluding hydrogens is 347 g/mol. The topological polar surface area (TPSA) is 131 Å². The maximum atomic E-state index is 10.5. The molecule has 0 aliphatic carbocycles. The van der Waals surface area contributed by atoms with Crippen LogP contribution in [0.1, 0.15) is 0 Å². The van der Waals surface area contributed by atoms with Crippen molar-refractivity contribution in [1.82, 2.24) is 4.90 Å². The van der Waals surface area contributed by atoms with Gasteiger partial charge in [0.15, 0.2) is 0 Å². The molecule has 0 aliphatic rings. The summed E-state index contributed by atoms with van der Waals surface area (Å²) in [5.41, 5.74) is 0. The van der Waals surface area contributed by atoms with E-state index in [1.165, 1.54) is 14.1 Å². The second-order valence-electron chi connectivity index (χ2n) is 2.26. The number of amides is 1. The minimum atomic E-state index is -3.83. The first-order chi connectivity index (χ1) is 6.33. The van der Waals surface area contributed by atoms with Crippen molar-refractivity contribution in [3.05, 3.63) is 0 Å². The Hall–Kier alpha value is 0.864. The van der Waals surface area contributed by atoms with Gasteiger partial charge in [0.1, 0.15) is 0 Å². The van der Waals surface area contributed by atoms with Crippen molar-refractivity contribution in [1.29, 1.82) is 0 Å². The zero-order valence-electron chi connectivity index (χ0n) is 8.03. The Balaban J connectivity index is -0.000000242. The van der Waals surface area contributed by atoms with Crippen LogP contribution in [-0.2, 0) is 44.6 Å². The Labute approximate surface area is 112 Å². The summed E-state index contributed by atoms with van der Waals surface area (Å²) in [6.07, 6.45) is -0.853. The van der Waals surface area contributed by atoms with E-state index in [9.17, 15) is 4.79 Å². The Morgan fingerprint density at radius 2 is 1.38 bits per heavy atom. The number of nitrogens with zero attached hydrogens (tertiary/aromatic N) is 1. The van der Waals surface area contributed by atoms with E-state index in [1.807, 2.05) is 0 Å². The van der Waals surface area contributed by atoms with E-state index in [0.29, 0.717) is 0 Å². The van der Waals surface area contributed by atoms with Gasteiger partial charge in [0, 0.05) is 42.4 Å². The molecule has 13 heteroatoms. The molecule has 1 amide bonds. The van der Waals surface area contributed by atoms with Crippen molar-refractivity contribution < 1.29 is 50.3 Å². The van der Waals surface area contributed by atoms with Crippen molar-refractivity contribution in [2.24, 2.45) is 0 Å². The van der Waals surface area contributed by atoms with E-state index in [1.54, 1.807) is 0 Å². The fourth-order valence-electron chi connectivity index (χ4n) is 0.183. The molecule has 102 valence electrons. The first-order valence-corrected chi connectivity index (χ1v) is 8.36. The molecule has 0 saturated carbocycles. The Morgan fingerprint density at radius 3 is 1.44 bits per heavy atom. The third kappa shape index (κ3) is 29.4. The first-order valence-electron chi connectivity index (χ1n) is 3.07. The van der Waals surface area contributed by atoms with Crippen LogP contribution in [0.5, 0.6) is 0 Å². The van der Waals surface area contributed by atoms with Gasteiger partial charge in [0.05, 0.1) is 0 Å². The third-order valence-electron chi connectivity index (χ3n) is 0.562. The Bertz CT molecular complexity index is 292. The Morgan fingerprint density at radius 1 is 1.12 bits per heavy atom. The molecule has 0 saturated heterocycles. The average molecular weight is 358 g/mol. The quantitative estimate of drug-likeness (QED) is 0.298. The van der Waals surface area contributed by atoms with Crippen LogP contribution in [0, 0.1) is 0 Å². The molecule has 0 aromatic carbocycles. The van der Waals surface area contributed by atoms with Gasteiger partial charge in [-0.15, -0.1) is 0 Å². The van der Waals surface area contributed by atoms with E-state index in [-0.39, 0.29) is 16.5 Å². The summed E-state index contributed by atoms with van der Waals surface area (Å²) in [6, 6.07) is 0. The first kappa shape index (κ1) is 22.1. The average Bonchev–Trinajstić information content (AvgIpc) is 1.78. The van der Waals surface area contributed by atoms with Crippen molar-refractivity contribution >= 4 is 43.1 Å². The molecule has 0 radical (unpaired) electrons. The van der Waals surface area contributed by atoms with E-state index < -0.39 is 19.5 Å². The fraction of sp³-hybridized carbons (Fsp3) is 0.667. The van der Waals surface area contributed by atoms with Crippen LogP contribution in [0.3, 0.4) is 0 Å². The molecule has 0 aromatic heterocycles. The summed E-state index contributed by atoms with van der Waals surface area (Å²) in [5.74, 6) is 0. The van der Waals surface area contributed by atoms with Gasteiger partial charge in [0.25, 0.3) is 0 Å². The number of hydrogen-bond acceptors (Lipinski definition) is 4. The van der Waals surface area contributed by atoms with Crippen molar-refractivity contribution in [2.75, 3.05) is 14.1 Å². The van der Waals surface area contributed by atoms with E-state index in [0.717, 1.165) is 4.90 Å². The van der Waals surface area contributed by atoms with Gasteiger partial charge in [-0.3, -0.25) is 0 Å². The largest absolute Gasteiger partial charge is 0.415 e. The second-order valence-corrected chi connectivity index (χ2v) is 7.34. The fourth-order valence-corrected chi connectivity index (χ4v) is 0.741. The molecule has 0 atom stereocenters. The standard InChI is InChI=1S/C3H8NO4PS.Ni.H3O3PS/c1-4(2)3(5)8-9(6,7)10;;1-4(2,3)5/h1-2H3,(H2,6,7,10);;(H3,1,2,3,5). The van der Waals surface area contributed by atoms with Crippen LogP contribution in [-0.4, -0.2) is 49.6 Å². The van der Waals surface area contributed by atoms with Crippen LogP contribution in [0.4, 0.5) is 4.79 Å². The minimum absolute atomic E-state index is 0. The number of carbonyl (C=O) groups excluding carboxylic acids is 1. The molecule has 8 nitrogen and oxygen atoms in total. The predicted octanol–water partition coefficient (Wildman–Crippen LogP) is -0.921. The summed E-state index contributed by atoms with van der Waals surface area (Å²) >= 11 is 7.64.